The maximum atomic E-state index is 13.3. The molecule has 1 fully saturated rings. The number of ether oxygens (including phenoxy) is 1. The Morgan fingerprint density at radius 3 is 2.75 bits per heavy atom. The molecule has 0 radical (unpaired) electrons. The number of nitrogen functional groups attached to an aromatic ring is 1. The van der Waals surface area contributed by atoms with Crippen molar-refractivity contribution in [2.75, 3.05) is 30.4 Å². The zero-order valence-corrected chi connectivity index (χ0v) is 9.66. The second-order valence-corrected chi connectivity index (χ2v) is 4.76. The zero-order chi connectivity index (χ0) is 11.8. The van der Waals surface area contributed by atoms with E-state index < -0.39 is 0 Å². The van der Waals surface area contributed by atoms with Crippen molar-refractivity contribution in [2.24, 2.45) is 0 Å². The number of benzene rings is 1. The Morgan fingerprint density at radius 2 is 2.12 bits per heavy atom. The Hall–Kier alpha value is -1.29. The van der Waals surface area contributed by atoms with Crippen molar-refractivity contribution < 1.29 is 9.13 Å². The smallest absolute Gasteiger partial charge is 0.127 e. The molecule has 1 aliphatic heterocycles. The summed E-state index contributed by atoms with van der Waals surface area (Å²) in [5, 5.41) is 0. The quantitative estimate of drug-likeness (QED) is 0.742. The van der Waals surface area contributed by atoms with Gasteiger partial charge in [0, 0.05) is 17.9 Å². The first-order valence-corrected chi connectivity index (χ1v) is 5.40. The largest absolute Gasteiger partial charge is 0.399 e. The fourth-order valence-electron chi connectivity index (χ4n) is 2.09. The highest BCUT2D eigenvalue weighted by atomic mass is 19.1. The van der Waals surface area contributed by atoms with Gasteiger partial charge in [0.1, 0.15) is 5.82 Å². The fourth-order valence-corrected chi connectivity index (χ4v) is 2.09. The topological polar surface area (TPSA) is 38.5 Å². The van der Waals surface area contributed by atoms with Crippen LogP contribution in [0.1, 0.15) is 13.8 Å². The highest BCUT2D eigenvalue weighted by Gasteiger charge is 2.30. The molecule has 0 bridgehead atoms. The number of rotatable bonds is 1. The minimum Gasteiger partial charge on any atom is -0.399 e. The lowest BCUT2D eigenvalue weighted by molar-refractivity contribution is 0.0644. The van der Waals surface area contributed by atoms with Crippen LogP contribution in [-0.2, 0) is 4.74 Å². The number of hydrogen-bond donors (Lipinski definition) is 1. The van der Waals surface area contributed by atoms with E-state index in [1.807, 2.05) is 0 Å². The van der Waals surface area contributed by atoms with Crippen LogP contribution in [-0.4, -0.2) is 25.3 Å². The Balaban J connectivity index is 2.34. The molecule has 2 N–H and O–H groups in total. The summed E-state index contributed by atoms with van der Waals surface area (Å²) in [7, 11) is 0. The van der Waals surface area contributed by atoms with Crippen LogP contribution in [0.4, 0.5) is 15.8 Å². The molecule has 88 valence electrons. The van der Waals surface area contributed by atoms with Crippen molar-refractivity contribution in [1.29, 1.82) is 0 Å². The van der Waals surface area contributed by atoms with Crippen molar-refractivity contribution >= 4 is 11.4 Å². The summed E-state index contributed by atoms with van der Waals surface area (Å²) in [5.74, 6) is -0.294. The van der Waals surface area contributed by atoms with Gasteiger partial charge < -0.3 is 15.4 Å². The first-order valence-electron chi connectivity index (χ1n) is 5.40. The number of nitrogens with two attached hydrogens (primary N) is 1. The molecule has 3 nitrogen and oxygen atoms in total. The predicted molar refractivity (Wildman–Crippen MR) is 63.1 cm³/mol. The number of nitrogens with zero attached hydrogens (tertiary/aromatic N) is 1. The maximum Gasteiger partial charge on any atom is 0.127 e. The maximum absolute atomic E-state index is 13.3. The van der Waals surface area contributed by atoms with Gasteiger partial charge in [-0.25, -0.2) is 4.39 Å². The Kier molecular flexibility index (Phi) is 2.76. The molecule has 0 aliphatic carbocycles. The van der Waals surface area contributed by atoms with Gasteiger partial charge in [0.2, 0.25) is 0 Å². The lowest BCUT2D eigenvalue weighted by Crippen LogP contribution is -2.53. The monoisotopic (exact) mass is 224 g/mol. The van der Waals surface area contributed by atoms with Crippen molar-refractivity contribution in [2.45, 2.75) is 19.4 Å². The van der Waals surface area contributed by atoms with E-state index >= 15 is 0 Å². The van der Waals surface area contributed by atoms with Crippen LogP contribution in [0.5, 0.6) is 0 Å². The van der Waals surface area contributed by atoms with Gasteiger partial charge in [-0.05, 0) is 32.0 Å². The molecule has 1 aromatic carbocycles. The van der Waals surface area contributed by atoms with Gasteiger partial charge in [-0.1, -0.05) is 0 Å². The average Bonchev–Trinajstić information content (AvgIpc) is 2.15. The molecule has 0 unspecified atom stereocenters. The van der Waals surface area contributed by atoms with E-state index in [4.69, 9.17) is 10.5 Å². The Morgan fingerprint density at radius 1 is 1.38 bits per heavy atom. The van der Waals surface area contributed by atoms with Crippen molar-refractivity contribution in [3.63, 3.8) is 0 Å². The molecule has 1 saturated heterocycles. The van der Waals surface area contributed by atoms with Gasteiger partial charge in [0.05, 0.1) is 18.8 Å². The van der Waals surface area contributed by atoms with E-state index in [0.717, 1.165) is 12.2 Å². The summed E-state index contributed by atoms with van der Waals surface area (Å²) in [4.78, 5) is 2.13. The van der Waals surface area contributed by atoms with E-state index in [1.54, 1.807) is 6.07 Å². The predicted octanol–water partition coefficient (Wildman–Crippen LogP) is 2.02. The van der Waals surface area contributed by atoms with Gasteiger partial charge >= 0.3 is 0 Å². The highest BCUT2D eigenvalue weighted by Crippen LogP contribution is 2.28. The second-order valence-electron chi connectivity index (χ2n) is 4.76. The third-order valence-electron chi connectivity index (χ3n) is 2.86. The minimum atomic E-state index is -0.294. The van der Waals surface area contributed by atoms with Gasteiger partial charge in [0.15, 0.2) is 0 Å². The van der Waals surface area contributed by atoms with Crippen LogP contribution in [0.15, 0.2) is 18.2 Å². The van der Waals surface area contributed by atoms with Gasteiger partial charge in [-0.15, -0.1) is 0 Å². The van der Waals surface area contributed by atoms with Crippen LogP contribution in [0.3, 0.4) is 0 Å². The van der Waals surface area contributed by atoms with E-state index in [0.29, 0.717) is 18.9 Å². The number of morpholine rings is 1. The molecule has 0 aromatic heterocycles. The molecule has 0 amide bonds. The lowest BCUT2D eigenvalue weighted by atomic mass is 10.0. The molecular weight excluding hydrogens is 207 g/mol. The van der Waals surface area contributed by atoms with Gasteiger partial charge in [-0.2, -0.15) is 0 Å². The third kappa shape index (κ3) is 2.11. The average molecular weight is 224 g/mol. The molecule has 0 atom stereocenters. The molecule has 16 heavy (non-hydrogen) atoms. The molecule has 1 heterocycles. The number of hydrogen-bond acceptors (Lipinski definition) is 3. The van der Waals surface area contributed by atoms with E-state index in [9.17, 15) is 4.39 Å². The molecule has 1 aliphatic rings. The lowest BCUT2D eigenvalue weighted by Gasteiger charge is -2.43. The standard InChI is InChI=1S/C12H17FN2O/c1-12(2)8-16-4-3-15(12)11-6-9(13)5-10(14)7-11/h5-7H,3-4,8,14H2,1-2H3. The first-order chi connectivity index (χ1) is 7.49. The van der Waals surface area contributed by atoms with Crippen LogP contribution >= 0.6 is 0 Å². The van der Waals surface area contributed by atoms with Gasteiger partial charge in [-0.3, -0.25) is 0 Å². The summed E-state index contributed by atoms with van der Waals surface area (Å²) < 4.78 is 18.7. The van der Waals surface area contributed by atoms with Crippen LogP contribution in [0.2, 0.25) is 0 Å². The Labute approximate surface area is 95.0 Å². The summed E-state index contributed by atoms with van der Waals surface area (Å²) in [6, 6.07) is 4.65. The number of anilines is 2. The summed E-state index contributed by atoms with van der Waals surface area (Å²) in [6.07, 6.45) is 0. The van der Waals surface area contributed by atoms with Crippen LogP contribution in [0, 0.1) is 5.82 Å². The molecule has 4 heteroatoms. The molecule has 2 rings (SSSR count). The van der Waals surface area contributed by atoms with E-state index in [1.165, 1.54) is 12.1 Å². The Bertz CT molecular complexity index is 372. The molecular formula is C12H17FN2O. The summed E-state index contributed by atoms with van der Waals surface area (Å²) in [6.45, 7) is 6.22. The molecule has 0 spiro atoms. The minimum absolute atomic E-state index is 0.127. The van der Waals surface area contributed by atoms with Gasteiger partial charge in [0.25, 0.3) is 0 Å². The number of halogens is 1. The summed E-state index contributed by atoms with van der Waals surface area (Å²) >= 11 is 0. The SMILES string of the molecule is CC1(C)COCCN1c1cc(N)cc(F)c1. The van der Waals surface area contributed by atoms with Crippen LogP contribution < -0.4 is 10.6 Å². The van der Waals surface area contributed by atoms with E-state index in [-0.39, 0.29) is 11.4 Å². The van der Waals surface area contributed by atoms with Crippen molar-refractivity contribution in [1.82, 2.24) is 0 Å². The second kappa shape index (κ2) is 3.94. The molecule has 0 saturated carbocycles. The zero-order valence-electron chi connectivity index (χ0n) is 9.66. The first kappa shape index (κ1) is 11.2. The van der Waals surface area contributed by atoms with E-state index in [2.05, 4.69) is 18.7 Å². The highest BCUT2D eigenvalue weighted by molar-refractivity contribution is 5.58. The molecule has 1 aromatic rings. The summed E-state index contributed by atoms with van der Waals surface area (Å²) in [5.41, 5.74) is 6.81. The van der Waals surface area contributed by atoms with Crippen molar-refractivity contribution in [3.05, 3.63) is 24.0 Å². The third-order valence-corrected chi connectivity index (χ3v) is 2.86. The normalized spacial score (nSPS) is 19.8. The van der Waals surface area contributed by atoms with Crippen molar-refractivity contribution in [3.8, 4) is 0 Å². The fraction of sp³-hybridized carbons (Fsp3) is 0.500. The van der Waals surface area contributed by atoms with Crippen LogP contribution in [0.25, 0.3) is 0 Å².